The lowest BCUT2D eigenvalue weighted by Gasteiger charge is -2.17. The van der Waals surface area contributed by atoms with Gasteiger partial charge in [-0.15, -0.1) is 11.3 Å². The van der Waals surface area contributed by atoms with Crippen LogP contribution in [0.5, 0.6) is 0 Å². The maximum atomic E-state index is 12.4. The number of aryl methyl sites for hydroxylation is 2. The summed E-state index contributed by atoms with van der Waals surface area (Å²) in [5.74, 6) is 0. The lowest BCUT2D eigenvalue weighted by Crippen LogP contribution is -2.22. The molecule has 0 aliphatic heterocycles. The number of thiophene rings is 1. The second-order valence-electron chi connectivity index (χ2n) is 5.38. The molecule has 0 saturated carbocycles. The second-order valence-corrected chi connectivity index (χ2v) is 6.36. The average molecular weight is 310 g/mol. The number of rotatable bonds is 3. The molecule has 2 N–H and O–H groups in total. The largest absolute Gasteiger partial charge is 0.320 e. The quantitative estimate of drug-likeness (QED) is 0.804. The number of para-hydroxylation sites is 1. The third-order valence-corrected chi connectivity index (χ3v) is 4.79. The van der Waals surface area contributed by atoms with Crippen LogP contribution in [0.4, 0.5) is 0 Å². The highest BCUT2D eigenvalue weighted by atomic mass is 32.1. The molecule has 0 spiro atoms. The van der Waals surface area contributed by atoms with Crippen molar-refractivity contribution in [1.82, 2.24) is 4.57 Å². The monoisotopic (exact) mass is 310 g/mol. The first-order chi connectivity index (χ1) is 10.6. The Kier molecular flexibility index (Phi) is 3.96. The van der Waals surface area contributed by atoms with E-state index >= 15 is 0 Å². The van der Waals surface area contributed by atoms with Crippen LogP contribution in [-0.2, 0) is 0 Å². The minimum absolute atomic E-state index is 0.0109. The Morgan fingerprint density at radius 1 is 1.14 bits per heavy atom. The van der Waals surface area contributed by atoms with E-state index < -0.39 is 0 Å². The maximum Gasteiger partial charge on any atom is 0.186 e. The molecule has 0 saturated heterocycles. The van der Waals surface area contributed by atoms with Gasteiger partial charge in [-0.25, -0.2) is 0 Å². The Balaban J connectivity index is 2.16. The highest BCUT2D eigenvalue weighted by Crippen LogP contribution is 2.23. The van der Waals surface area contributed by atoms with Crippen molar-refractivity contribution < 1.29 is 0 Å². The van der Waals surface area contributed by atoms with Gasteiger partial charge in [-0.1, -0.05) is 24.3 Å². The van der Waals surface area contributed by atoms with Crippen molar-refractivity contribution in [1.29, 1.82) is 0 Å². The van der Waals surface area contributed by atoms with Crippen molar-refractivity contribution in [3.05, 3.63) is 86.0 Å². The highest BCUT2D eigenvalue weighted by molar-refractivity contribution is 7.10. The van der Waals surface area contributed by atoms with Gasteiger partial charge < -0.3 is 10.3 Å². The van der Waals surface area contributed by atoms with Crippen molar-refractivity contribution in [2.24, 2.45) is 5.73 Å². The van der Waals surface area contributed by atoms with Crippen LogP contribution in [0.15, 0.2) is 58.8 Å². The minimum Gasteiger partial charge on any atom is -0.320 e. The van der Waals surface area contributed by atoms with Gasteiger partial charge in [0.1, 0.15) is 0 Å². The lowest BCUT2D eigenvalue weighted by molar-refractivity contribution is 0.841. The molecule has 112 valence electrons. The number of aromatic nitrogens is 1. The van der Waals surface area contributed by atoms with Crippen LogP contribution >= 0.6 is 11.3 Å². The standard InChI is InChI=1S/C18H18N2OS/c1-12-6-3-4-7-15(12)20-11-14(16(21)10-13(20)2)18(19)17-8-5-9-22-17/h3-11,18H,19H2,1-2H3. The van der Waals surface area contributed by atoms with Crippen LogP contribution in [0.2, 0.25) is 0 Å². The summed E-state index contributed by atoms with van der Waals surface area (Å²) in [5.41, 5.74) is 10.0. The van der Waals surface area contributed by atoms with Gasteiger partial charge in [0.05, 0.1) is 6.04 Å². The van der Waals surface area contributed by atoms with Crippen LogP contribution in [0, 0.1) is 13.8 Å². The van der Waals surface area contributed by atoms with Crippen LogP contribution in [0.1, 0.15) is 27.7 Å². The zero-order valence-corrected chi connectivity index (χ0v) is 13.4. The Morgan fingerprint density at radius 3 is 2.59 bits per heavy atom. The van der Waals surface area contributed by atoms with Gasteiger partial charge in [0.15, 0.2) is 5.43 Å². The normalized spacial score (nSPS) is 12.3. The zero-order chi connectivity index (χ0) is 15.7. The summed E-state index contributed by atoms with van der Waals surface area (Å²) in [6, 6.07) is 13.3. The Hall–Kier alpha value is -2.17. The molecule has 1 unspecified atom stereocenters. The number of nitrogens with zero attached hydrogens (tertiary/aromatic N) is 1. The topological polar surface area (TPSA) is 48.0 Å². The van der Waals surface area contributed by atoms with Gasteiger partial charge in [-0.3, -0.25) is 4.79 Å². The Bertz CT molecular complexity index is 850. The van der Waals surface area contributed by atoms with Gasteiger partial charge in [0, 0.05) is 34.1 Å². The molecule has 22 heavy (non-hydrogen) atoms. The van der Waals surface area contributed by atoms with E-state index in [2.05, 4.69) is 13.0 Å². The predicted molar refractivity (Wildman–Crippen MR) is 91.9 cm³/mol. The Labute approximate surface area is 133 Å². The summed E-state index contributed by atoms with van der Waals surface area (Å²) in [6.45, 7) is 4.00. The molecule has 0 aliphatic rings. The summed E-state index contributed by atoms with van der Waals surface area (Å²) in [6.07, 6.45) is 1.88. The molecule has 3 aromatic rings. The third kappa shape index (κ3) is 2.63. The lowest BCUT2D eigenvalue weighted by atomic mass is 10.1. The summed E-state index contributed by atoms with van der Waals surface area (Å²) in [7, 11) is 0. The van der Waals surface area contributed by atoms with E-state index in [9.17, 15) is 4.79 Å². The van der Waals surface area contributed by atoms with Gasteiger partial charge in [0.25, 0.3) is 0 Å². The molecule has 1 aromatic carbocycles. The SMILES string of the molecule is Cc1ccccc1-n1cc(C(N)c2cccs2)c(=O)cc1C. The zero-order valence-electron chi connectivity index (χ0n) is 12.6. The van der Waals surface area contributed by atoms with Gasteiger partial charge in [-0.2, -0.15) is 0 Å². The van der Waals surface area contributed by atoms with E-state index in [0.717, 1.165) is 21.8 Å². The van der Waals surface area contributed by atoms with E-state index in [1.54, 1.807) is 17.4 Å². The summed E-state index contributed by atoms with van der Waals surface area (Å²) in [5, 5.41) is 1.98. The molecule has 3 rings (SSSR count). The molecule has 0 bridgehead atoms. The van der Waals surface area contributed by atoms with Crippen LogP contribution in [-0.4, -0.2) is 4.57 Å². The summed E-state index contributed by atoms with van der Waals surface area (Å²) in [4.78, 5) is 13.4. The van der Waals surface area contributed by atoms with E-state index in [-0.39, 0.29) is 11.5 Å². The predicted octanol–water partition coefficient (Wildman–Crippen LogP) is 3.56. The van der Waals surface area contributed by atoms with Gasteiger partial charge in [-0.05, 0) is 36.9 Å². The Morgan fingerprint density at radius 2 is 1.91 bits per heavy atom. The first-order valence-electron chi connectivity index (χ1n) is 7.16. The fourth-order valence-electron chi connectivity index (χ4n) is 2.60. The third-order valence-electron chi connectivity index (χ3n) is 3.83. The highest BCUT2D eigenvalue weighted by Gasteiger charge is 2.16. The van der Waals surface area contributed by atoms with E-state index in [1.165, 1.54) is 0 Å². The molecule has 0 radical (unpaired) electrons. The summed E-state index contributed by atoms with van der Waals surface area (Å²) < 4.78 is 2.04. The van der Waals surface area contributed by atoms with Crippen molar-refractivity contribution in [2.75, 3.05) is 0 Å². The number of hydrogen-bond donors (Lipinski definition) is 1. The number of hydrogen-bond acceptors (Lipinski definition) is 3. The molecule has 3 nitrogen and oxygen atoms in total. The molecule has 0 aliphatic carbocycles. The fourth-order valence-corrected chi connectivity index (χ4v) is 3.34. The van der Waals surface area contributed by atoms with Crippen molar-refractivity contribution in [2.45, 2.75) is 19.9 Å². The van der Waals surface area contributed by atoms with Crippen molar-refractivity contribution >= 4 is 11.3 Å². The molecule has 2 heterocycles. The number of nitrogens with two attached hydrogens (primary N) is 1. The first kappa shape index (κ1) is 14.8. The van der Waals surface area contributed by atoms with E-state index in [1.807, 2.05) is 53.4 Å². The smallest absolute Gasteiger partial charge is 0.186 e. The molecule has 4 heteroatoms. The average Bonchev–Trinajstić information content (AvgIpc) is 3.02. The minimum atomic E-state index is -0.386. The summed E-state index contributed by atoms with van der Waals surface area (Å²) >= 11 is 1.57. The second kappa shape index (κ2) is 5.91. The number of pyridine rings is 1. The first-order valence-corrected chi connectivity index (χ1v) is 8.04. The number of benzene rings is 1. The molecule has 0 amide bonds. The van der Waals surface area contributed by atoms with Gasteiger partial charge >= 0.3 is 0 Å². The van der Waals surface area contributed by atoms with E-state index in [0.29, 0.717) is 5.56 Å². The van der Waals surface area contributed by atoms with E-state index in [4.69, 9.17) is 5.73 Å². The molecule has 1 atom stereocenters. The molecular formula is C18H18N2OS. The van der Waals surface area contributed by atoms with Gasteiger partial charge in [0.2, 0.25) is 0 Å². The van der Waals surface area contributed by atoms with Crippen molar-refractivity contribution in [3.63, 3.8) is 0 Å². The fraction of sp³-hybridized carbons (Fsp3) is 0.167. The molecular weight excluding hydrogens is 292 g/mol. The van der Waals surface area contributed by atoms with Crippen LogP contribution in [0.3, 0.4) is 0 Å². The van der Waals surface area contributed by atoms with Crippen molar-refractivity contribution in [3.8, 4) is 5.69 Å². The molecule has 0 fully saturated rings. The maximum absolute atomic E-state index is 12.4. The van der Waals surface area contributed by atoms with Crippen LogP contribution < -0.4 is 11.2 Å². The van der Waals surface area contributed by atoms with Crippen LogP contribution in [0.25, 0.3) is 5.69 Å². The molecule has 2 aromatic heterocycles.